The van der Waals surface area contributed by atoms with Crippen molar-refractivity contribution in [3.05, 3.63) is 74.3 Å². The minimum atomic E-state index is -0.906. The lowest BCUT2D eigenvalue weighted by atomic mass is 9.85. The number of amides is 1. The molecule has 170 valence electrons. The fourth-order valence-electron chi connectivity index (χ4n) is 4.42. The molecule has 2 unspecified atom stereocenters. The van der Waals surface area contributed by atoms with Crippen molar-refractivity contribution in [3.8, 4) is 11.3 Å². The van der Waals surface area contributed by atoms with E-state index in [1.165, 1.54) is 12.3 Å². The van der Waals surface area contributed by atoms with Gasteiger partial charge in [-0.25, -0.2) is 4.39 Å². The number of hydrogen-bond donors (Lipinski definition) is 1. The van der Waals surface area contributed by atoms with Crippen LogP contribution < -0.4 is 5.32 Å². The molecule has 1 saturated carbocycles. The maximum atomic E-state index is 14.4. The van der Waals surface area contributed by atoms with Crippen LogP contribution in [-0.4, -0.2) is 22.5 Å². The summed E-state index contributed by atoms with van der Waals surface area (Å²) in [4.78, 5) is 42.4. The van der Waals surface area contributed by atoms with E-state index >= 15 is 0 Å². The van der Waals surface area contributed by atoms with Crippen molar-refractivity contribution in [3.63, 3.8) is 0 Å². The molecule has 8 heteroatoms. The average Bonchev–Trinajstić information content (AvgIpc) is 3.35. The van der Waals surface area contributed by atoms with Crippen molar-refractivity contribution in [1.29, 1.82) is 0 Å². The molecule has 2 aromatic heterocycles. The number of Topliss-reactive ketones (excluding diaryl/α,β-unsaturated/α-hetero) is 2. The molecule has 0 saturated heterocycles. The van der Waals surface area contributed by atoms with Gasteiger partial charge in [0, 0.05) is 37.1 Å². The zero-order valence-electron chi connectivity index (χ0n) is 18.2. The van der Waals surface area contributed by atoms with Gasteiger partial charge in [0.15, 0.2) is 11.6 Å². The van der Waals surface area contributed by atoms with Crippen LogP contribution in [0.5, 0.6) is 0 Å². The Morgan fingerprint density at radius 2 is 1.97 bits per heavy atom. The molecule has 0 aliphatic heterocycles. The Hall–Kier alpha value is -2.90. The van der Waals surface area contributed by atoms with Gasteiger partial charge < -0.3 is 5.32 Å². The molecule has 0 radical (unpaired) electrons. The van der Waals surface area contributed by atoms with Gasteiger partial charge in [0.25, 0.3) is 0 Å². The van der Waals surface area contributed by atoms with Crippen LogP contribution >= 0.6 is 22.9 Å². The first-order valence-electron chi connectivity index (χ1n) is 10.5. The second-order valence-corrected chi connectivity index (χ2v) is 9.54. The van der Waals surface area contributed by atoms with Gasteiger partial charge >= 0.3 is 0 Å². The Kier molecular flexibility index (Phi) is 6.72. The van der Waals surface area contributed by atoms with E-state index in [2.05, 4.69) is 10.3 Å². The van der Waals surface area contributed by atoms with Crippen molar-refractivity contribution in [2.24, 2.45) is 5.92 Å². The summed E-state index contributed by atoms with van der Waals surface area (Å²) >= 11 is 7.35. The Bertz CT molecular complexity index is 1220. The third-order valence-electron chi connectivity index (χ3n) is 5.92. The Morgan fingerprint density at radius 3 is 2.61 bits per heavy atom. The van der Waals surface area contributed by atoms with Crippen molar-refractivity contribution in [2.45, 2.75) is 39.2 Å². The molecule has 1 fully saturated rings. The van der Waals surface area contributed by atoms with Crippen LogP contribution in [0.3, 0.4) is 0 Å². The lowest BCUT2D eigenvalue weighted by Crippen LogP contribution is -2.27. The lowest BCUT2D eigenvalue weighted by molar-refractivity contribution is -0.128. The second-order valence-electron chi connectivity index (χ2n) is 8.32. The number of ketones is 2. The minimum Gasteiger partial charge on any atom is -0.352 e. The second kappa shape index (κ2) is 9.53. The summed E-state index contributed by atoms with van der Waals surface area (Å²) in [7, 11) is 0. The highest BCUT2D eigenvalue weighted by molar-refractivity contribution is 7.07. The minimum absolute atomic E-state index is 0.0126. The van der Waals surface area contributed by atoms with Crippen LogP contribution in [-0.2, 0) is 20.9 Å². The first kappa shape index (κ1) is 23.3. The number of thiophene rings is 1. The fourth-order valence-corrected chi connectivity index (χ4v) is 5.23. The smallest absolute Gasteiger partial charge is 0.221 e. The predicted octanol–water partition coefficient (Wildman–Crippen LogP) is 5.17. The van der Waals surface area contributed by atoms with Gasteiger partial charge in [0.05, 0.1) is 5.02 Å². The maximum Gasteiger partial charge on any atom is 0.221 e. The number of halogens is 2. The summed E-state index contributed by atoms with van der Waals surface area (Å²) in [6.07, 6.45) is 1.40. The number of aromatic nitrogens is 1. The molecule has 1 aromatic carbocycles. The van der Waals surface area contributed by atoms with Gasteiger partial charge in [0.2, 0.25) is 5.91 Å². The number of hydrogen-bond acceptors (Lipinski definition) is 5. The van der Waals surface area contributed by atoms with E-state index < -0.39 is 17.7 Å². The summed E-state index contributed by atoms with van der Waals surface area (Å²) in [6.45, 7) is 3.98. The zero-order chi connectivity index (χ0) is 23.7. The van der Waals surface area contributed by atoms with Gasteiger partial charge in [-0.3, -0.25) is 19.4 Å². The van der Waals surface area contributed by atoms with Crippen molar-refractivity contribution in [1.82, 2.24) is 10.3 Å². The molecule has 1 aliphatic rings. The van der Waals surface area contributed by atoms with Crippen LogP contribution in [0.2, 0.25) is 5.02 Å². The molecule has 5 nitrogen and oxygen atoms in total. The number of rotatable bonds is 6. The Labute approximate surface area is 200 Å². The summed E-state index contributed by atoms with van der Waals surface area (Å²) in [5, 5.41) is 6.89. The average molecular weight is 485 g/mol. The number of nitrogens with zero attached hydrogens (tertiary/aromatic N) is 1. The third-order valence-corrected chi connectivity index (χ3v) is 6.86. The molecule has 2 atom stereocenters. The molecule has 3 aromatic rings. The Morgan fingerprint density at radius 1 is 1.24 bits per heavy atom. The number of pyridine rings is 1. The third kappa shape index (κ3) is 4.89. The normalized spacial score (nSPS) is 18.1. The quantitative estimate of drug-likeness (QED) is 0.490. The van der Waals surface area contributed by atoms with E-state index in [1.54, 1.807) is 37.3 Å². The van der Waals surface area contributed by atoms with Crippen LogP contribution in [0, 0.1) is 25.6 Å². The first-order chi connectivity index (χ1) is 15.7. The molecular weight excluding hydrogens is 463 g/mol. The maximum absolute atomic E-state index is 14.4. The highest BCUT2D eigenvalue weighted by atomic mass is 35.5. The molecule has 4 rings (SSSR count). The number of carbonyl (C=O) groups is 3. The molecule has 1 N–H and O–H groups in total. The van der Waals surface area contributed by atoms with Crippen molar-refractivity contribution >= 4 is 40.4 Å². The van der Waals surface area contributed by atoms with Crippen LogP contribution in [0.4, 0.5) is 4.39 Å². The van der Waals surface area contributed by atoms with Gasteiger partial charge in [0.1, 0.15) is 17.4 Å². The van der Waals surface area contributed by atoms with Gasteiger partial charge in [-0.15, -0.1) is 0 Å². The Balaban J connectivity index is 1.53. The molecular formula is C25H22ClFN2O3S. The van der Waals surface area contributed by atoms with Gasteiger partial charge in [-0.2, -0.15) is 11.3 Å². The molecule has 33 heavy (non-hydrogen) atoms. The highest BCUT2D eigenvalue weighted by Gasteiger charge is 2.43. The molecule has 2 heterocycles. The van der Waals surface area contributed by atoms with E-state index in [4.69, 9.17) is 11.6 Å². The van der Waals surface area contributed by atoms with E-state index in [1.807, 2.05) is 16.8 Å². The van der Waals surface area contributed by atoms with Crippen LogP contribution in [0.15, 0.2) is 41.2 Å². The van der Waals surface area contributed by atoms with E-state index in [9.17, 15) is 18.8 Å². The zero-order valence-corrected chi connectivity index (χ0v) is 19.7. The highest BCUT2D eigenvalue weighted by Crippen LogP contribution is 2.38. The molecule has 0 spiro atoms. The molecule has 1 amide bonds. The lowest BCUT2D eigenvalue weighted by Gasteiger charge is -2.17. The summed E-state index contributed by atoms with van der Waals surface area (Å²) in [6, 6.07) is 6.57. The molecule has 1 aliphatic carbocycles. The van der Waals surface area contributed by atoms with Crippen LogP contribution in [0.1, 0.15) is 41.0 Å². The predicted molar refractivity (Wildman–Crippen MR) is 126 cm³/mol. The number of nitrogens with one attached hydrogen (secondary N) is 1. The van der Waals surface area contributed by atoms with Crippen LogP contribution in [0.25, 0.3) is 11.3 Å². The van der Waals surface area contributed by atoms with E-state index in [0.717, 1.165) is 5.56 Å². The summed E-state index contributed by atoms with van der Waals surface area (Å²) < 4.78 is 14.4. The summed E-state index contributed by atoms with van der Waals surface area (Å²) in [5.41, 5.74) is 3.74. The van der Waals surface area contributed by atoms with E-state index in [-0.39, 0.29) is 41.0 Å². The van der Waals surface area contributed by atoms with Gasteiger partial charge in [-0.05, 0) is 71.1 Å². The summed E-state index contributed by atoms with van der Waals surface area (Å²) in [5.74, 6) is -2.77. The number of carbonyl (C=O) groups excluding carboxylic acids is 3. The monoisotopic (exact) mass is 484 g/mol. The van der Waals surface area contributed by atoms with Crippen molar-refractivity contribution in [2.75, 3.05) is 0 Å². The largest absolute Gasteiger partial charge is 0.352 e. The van der Waals surface area contributed by atoms with E-state index in [0.29, 0.717) is 28.8 Å². The number of benzene rings is 1. The van der Waals surface area contributed by atoms with Crippen molar-refractivity contribution < 1.29 is 18.8 Å². The molecule has 0 bridgehead atoms. The van der Waals surface area contributed by atoms with Gasteiger partial charge in [-0.1, -0.05) is 11.6 Å². The topological polar surface area (TPSA) is 76.1 Å². The fraction of sp³-hybridized carbons (Fsp3) is 0.280. The standard InChI is InChI=1S/C25H22ClFN2O3S/c1-13-5-16(24-19(27)9-18(26)11-29-24)6-14(2)22(13)23-20(30)7-17(25(23)32)8-21(31)28-10-15-3-4-33-12-15/h3-6,9,11-12,17,23H,7-8,10H2,1-2H3,(H,28,31). The first-order valence-corrected chi connectivity index (χ1v) is 11.8. The number of aryl methyl sites for hydroxylation is 2. The SMILES string of the molecule is Cc1cc(-c2ncc(Cl)cc2F)cc(C)c1C1C(=O)CC(CC(=O)NCc2ccsc2)C1=O.